The van der Waals surface area contributed by atoms with Gasteiger partial charge < -0.3 is 14.8 Å². The summed E-state index contributed by atoms with van der Waals surface area (Å²) in [5.41, 5.74) is 2.26. The van der Waals surface area contributed by atoms with Gasteiger partial charge in [0, 0.05) is 50.1 Å². The van der Waals surface area contributed by atoms with Crippen molar-refractivity contribution in [1.29, 1.82) is 0 Å². The molecule has 3 aromatic rings. The molecule has 1 N–H and O–H groups in total. The first kappa shape index (κ1) is 19.5. The zero-order valence-corrected chi connectivity index (χ0v) is 17.2. The van der Waals surface area contributed by atoms with E-state index in [-0.39, 0.29) is 5.91 Å². The largest absolute Gasteiger partial charge is 0.492 e. The number of rotatable bonds is 5. The third-order valence-corrected chi connectivity index (χ3v) is 5.48. The van der Waals surface area contributed by atoms with Gasteiger partial charge in [0.05, 0.1) is 18.3 Å². The first-order valence-electron chi connectivity index (χ1n) is 10.4. The molecule has 2 aliphatic heterocycles. The van der Waals surface area contributed by atoms with E-state index in [1.165, 1.54) is 6.92 Å². The summed E-state index contributed by atoms with van der Waals surface area (Å²) in [6, 6.07) is 10.1. The molecule has 4 heterocycles. The molecule has 5 rings (SSSR count). The second kappa shape index (κ2) is 8.38. The lowest BCUT2D eigenvalue weighted by atomic mass is 10.2. The van der Waals surface area contributed by atoms with Crippen molar-refractivity contribution in [2.45, 2.75) is 25.5 Å². The molecule has 2 unspecified atom stereocenters. The number of fused-ring (bicyclic) bond motifs is 3. The van der Waals surface area contributed by atoms with Crippen molar-refractivity contribution in [3.63, 3.8) is 0 Å². The van der Waals surface area contributed by atoms with Gasteiger partial charge in [0.2, 0.25) is 5.91 Å². The Morgan fingerprint density at radius 2 is 2.13 bits per heavy atom. The van der Waals surface area contributed by atoms with Gasteiger partial charge in [0.1, 0.15) is 12.4 Å². The molecule has 0 aliphatic carbocycles. The molecule has 8 heteroatoms. The fraction of sp³-hybridized carbons (Fsp3) is 0.348. The van der Waals surface area contributed by atoms with Gasteiger partial charge in [-0.2, -0.15) is 0 Å². The van der Waals surface area contributed by atoms with Crippen LogP contribution in [0.4, 0.5) is 5.82 Å². The molecule has 0 radical (unpaired) electrons. The Labute approximate surface area is 180 Å². The fourth-order valence-corrected chi connectivity index (χ4v) is 4.00. The van der Waals surface area contributed by atoms with Gasteiger partial charge in [0.25, 0.3) is 0 Å². The van der Waals surface area contributed by atoms with Crippen LogP contribution in [-0.2, 0) is 9.53 Å². The minimum Gasteiger partial charge on any atom is -0.492 e. The molecule has 1 amide bonds. The van der Waals surface area contributed by atoms with Crippen molar-refractivity contribution < 1.29 is 14.3 Å². The Morgan fingerprint density at radius 1 is 1.29 bits per heavy atom. The SMILES string of the molecule is CC(=O)Nc1cc2ncc(C#Cc3ccc(OCCN4CC5CC4CO5)cc3)cn2n1. The van der Waals surface area contributed by atoms with Crippen LogP contribution in [0.1, 0.15) is 24.5 Å². The minimum atomic E-state index is -0.173. The van der Waals surface area contributed by atoms with Crippen LogP contribution in [0.2, 0.25) is 0 Å². The standard InChI is InChI=1S/C23H23N5O3/c1-16(29)25-22-11-23-24-12-18(13-28(23)26-22)3-2-17-4-6-20(7-5-17)30-9-8-27-14-21-10-19(27)15-31-21/h4-7,11-13,19,21H,8-10,14-15H2,1H3,(H,25,26,29). The summed E-state index contributed by atoms with van der Waals surface area (Å²) in [5, 5.41) is 6.92. The molecule has 1 aromatic carbocycles. The average Bonchev–Trinajstić information content (AvgIpc) is 3.47. The number of nitrogens with one attached hydrogen (secondary N) is 1. The van der Waals surface area contributed by atoms with Crippen molar-refractivity contribution >= 4 is 17.4 Å². The maximum Gasteiger partial charge on any atom is 0.222 e. The Balaban J connectivity index is 1.17. The van der Waals surface area contributed by atoms with Crippen LogP contribution in [0, 0.1) is 11.8 Å². The highest BCUT2D eigenvalue weighted by Gasteiger charge is 2.38. The molecule has 8 nitrogen and oxygen atoms in total. The fourth-order valence-electron chi connectivity index (χ4n) is 4.00. The lowest BCUT2D eigenvalue weighted by Gasteiger charge is -2.26. The number of hydrogen-bond donors (Lipinski definition) is 1. The van der Waals surface area contributed by atoms with Crippen molar-refractivity contribution in [2.75, 3.05) is 31.6 Å². The van der Waals surface area contributed by atoms with Gasteiger partial charge in [-0.1, -0.05) is 11.8 Å². The summed E-state index contributed by atoms with van der Waals surface area (Å²) in [6.45, 7) is 4.92. The monoisotopic (exact) mass is 417 g/mol. The Morgan fingerprint density at radius 3 is 2.87 bits per heavy atom. The number of likely N-dealkylation sites (tertiary alicyclic amines) is 1. The number of ether oxygens (including phenoxy) is 2. The quantitative estimate of drug-likeness (QED) is 0.639. The van der Waals surface area contributed by atoms with E-state index in [9.17, 15) is 4.79 Å². The van der Waals surface area contributed by atoms with Crippen LogP contribution in [0.5, 0.6) is 5.75 Å². The third kappa shape index (κ3) is 4.53. The van der Waals surface area contributed by atoms with E-state index < -0.39 is 0 Å². The van der Waals surface area contributed by atoms with Crippen LogP contribution in [-0.4, -0.2) is 63.9 Å². The van der Waals surface area contributed by atoms with Crippen molar-refractivity contribution in [3.05, 3.63) is 53.9 Å². The van der Waals surface area contributed by atoms with E-state index in [1.54, 1.807) is 23.0 Å². The summed E-state index contributed by atoms with van der Waals surface area (Å²) in [7, 11) is 0. The normalized spacial score (nSPS) is 19.9. The minimum absolute atomic E-state index is 0.173. The molecule has 31 heavy (non-hydrogen) atoms. The molecule has 158 valence electrons. The highest BCUT2D eigenvalue weighted by Crippen LogP contribution is 2.27. The number of nitrogens with zero attached hydrogens (tertiary/aromatic N) is 4. The molecule has 0 spiro atoms. The number of hydrogen-bond acceptors (Lipinski definition) is 6. The van der Waals surface area contributed by atoms with Crippen LogP contribution < -0.4 is 10.1 Å². The Kier molecular flexibility index (Phi) is 5.28. The highest BCUT2D eigenvalue weighted by molar-refractivity contribution is 5.88. The van der Waals surface area contributed by atoms with Gasteiger partial charge in [-0.25, -0.2) is 9.50 Å². The van der Waals surface area contributed by atoms with Crippen LogP contribution >= 0.6 is 0 Å². The van der Waals surface area contributed by atoms with E-state index in [1.807, 2.05) is 24.3 Å². The molecule has 2 aliphatic rings. The van der Waals surface area contributed by atoms with Crippen molar-refractivity contribution in [1.82, 2.24) is 19.5 Å². The molecule has 2 aromatic heterocycles. The van der Waals surface area contributed by atoms with Gasteiger partial charge in [0.15, 0.2) is 11.5 Å². The molecule has 2 fully saturated rings. The lowest BCUT2D eigenvalue weighted by Crippen LogP contribution is -2.39. The number of anilines is 1. The summed E-state index contributed by atoms with van der Waals surface area (Å²) in [6.07, 6.45) is 5.06. The molecule has 0 saturated carbocycles. The zero-order valence-electron chi connectivity index (χ0n) is 17.2. The van der Waals surface area contributed by atoms with Gasteiger partial charge in [-0.15, -0.1) is 5.10 Å². The van der Waals surface area contributed by atoms with Crippen LogP contribution in [0.3, 0.4) is 0 Å². The second-order valence-corrected chi connectivity index (χ2v) is 7.82. The first-order valence-corrected chi connectivity index (χ1v) is 10.4. The Bertz CT molecular complexity index is 1160. The molecule has 2 atom stereocenters. The summed E-state index contributed by atoms with van der Waals surface area (Å²) in [4.78, 5) is 18.0. The predicted octanol–water partition coefficient (Wildman–Crippen LogP) is 1.94. The smallest absolute Gasteiger partial charge is 0.222 e. The summed E-state index contributed by atoms with van der Waals surface area (Å²) in [5.74, 6) is 7.37. The molecular weight excluding hydrogens is 394 g/mol. The number of benzene rings is 1. The number of carbonyl (C=O) groups is 1. The maximum absolute atomic E-state index is 11.2. The lowest BCUT2D eigenvalue weighted by molar-refractivity contribution is -0.114. The number of carbonyl (C=O) groups excluding carboxylic acids is 1. The van der Waals surface area contributed by atoms with E-state index in [4.69, 9.17) is 9.47 Å². The number of amides is 1. The van der Waals surface area contributed by atoms with E-state index in [0.29, 0.717) is 30.2 Å². The average molecular weight is 417 g/mol. The van der Waals surface area contributed by atoms with E-state index >= 15 is 0 Å². The molecular formula is C23H23N5O3. The van der Waals surface area contributed by atoms with Gasteiger partial charge in [-0.3, -0.25) is 9.69 Å². The molecule has 2 saturated heterocycles. The molecule has 2 bridgehead atoms. The van der Waals surface area contributed by atoms with Crippen molar-refractivity contribution in [3.8, 4) is 17.6 Å². The number of aromatic nitrogens is 3. The number of morpholine rings is 1. The highest BCUT2D eigenvalue weighted by atomic mass is 16.5. The first-order chi connectivity index (χ1) is 15.1. The van der Waals surface area contributed by atoms with E-state index in [2.05, 4.69) is 32.1 Å². The van der Waals surface area contributed by atoms with E-state index in [0.717, 1.165) is 43.0 Å². The summed E-state index contributed by atoms with van der Waals surface area (Å²) >= 11 is 0. The zero-order chi connectivity index (χ0) is 21.2. The maximum atomic E-state index is 11.2. The topological polar surface area (TPSA) is 81.0 Å². The van der Waals surface area contributed by atoms with Crippen molar-refractivity contribution in [2.24, 2.45) is 0 Å². The van der Waals surface area contributed by atoms with Gasteiger partial charge >= 0.3 is 0 Å². The third-order valence-electron chi connectivity index (χ3n) is 5.48. The Hall–Kier alpha value is -3.41. The summed E-state index contributed by atoms with van der Waals surface area (Å²) < 4.78 is 13.1. The second-order valence-electron chi connectivity index (χ2n) is 7.82. The predicted molar refractivity (Wildman–Crippen MR) is 115 cm³/mol. The van der Waals surface area contributed by atoms with Gasteiger partial charge in [-0.05, 0) is 30.7 Å². The van der Waals surface area contributed by atoms with Crippen LogP contribution in [0.15, 0.2) is 42.7 Å². The van der Waals surface area contributed by atoms with Crippen LogP contribution in [0.25, 0.3) is 5.65 Å².